The third-order valence-electron chi connectivity index (χ3n) is 2.94. The van der Waals surface area contributed by atoms with Crippen molar-refractivity contribution in [3.63, 3.8) is 0 Å². The maximum Gasteiger partial charge on any atom is 0.362 e. The Bertz CT molecular complexity index is 441. The van der Waals surface area contributed by atoms with Crippen LogP contribution in [0.1, 0.15) is 40.5 Å². The summed E-state index contributed by atoms with van der Waals surface area (Å²) in [5.74, 6) is -2.33. The molecule has 0 aromatic rings. The van der Waals surface area contributed by atoms with Gasteiger partial charge >= 0.3 is 5.97 Å². The van der Waals surface area contributed by atoms with Crippen molar-refractivity contribution in [1.82, 2.24) is 10.4 Å². The zero-order valence-electron chi connectivity index (χ0n) is 13.3. The molecule has 2 unspecified atom stereocenters. The molecule has 8 nitrogen and oxygen atoms in total. The van der Waals surface area contributed by atoms with E-state index < -0.39 is 35.4 Å². The SMILES string of the molecule is CC(CNC=O)C(OC(C)(C)C)C(=O)ON1C(=O)CCC1=O. The Morgan fingerprint density at radius 1 is 1.32 bits per heavy atom. The first-order valence-corrected chi connectivity index (χ1v) is 7.08. The second-order valence-electron chi connectivity index (χ2n) is 6.15. The molecule has 1 aliphatic rings. The Balaban J connectivity index is 2.80. The van der Waals surface area contributed by atoms with Crippen LogP contribution in [0.25, 0.3) is 0 Å². The molecular formula is C14H22N2O6. The van der Waals surface area contributed by atoms with E-state index in [0.29, 0.717) is 11.5 Å². The third-order valence-corrected chi connectivity index (χ3v) is 2.94. The van der Waals surface area contributed by atoms with Crippen LogP contribution in [0, 0.1) is 5.92 Å². The van der Waals surface area contributed by atoms with Gasteiger partial charge in [0.1, 0.15) is 0 Å². The minimum atomic E-state index is -1.02. The van der Waals surface area contributed by atoms with E-state index in [0.717, 1.165) is 0 Å². The lowest BCUT2D eigenvalue weighted by molar-refractivity contribution is -0.212. The quantitative estimate of drug-likeness (QED) is 0.530. The van der Waals surface area contributed by atoms with Gasteiger partial charge in [0, 0.05) is 25.3 Å². The highest BCUT2D eigenvalue weighted by molar-refractivity contribution is 6.01. The summed E-state index contributed by atoms with van der Waals surface area (Å²) in [7, 11) is 0. The highest BCUT2D eigenvalue weighted by atomic mass is 16.7. The van der Waals surface area contributed by atoms with Crippen LogP contribution in [0.4, 0.5) is 0 Å². The van der Waals surface area contributed by atoms with Gasteiger partial charge in [-0.2, -0.15) is 0 Å². The summed E-state index contributed by atoms with van der Waals surface area (Å²) in [5.41, 5.74) is -0.641. The van der Waals surface area contributed by atoms with Gasteiger partial charge in [-0.1, -0.05) is 6.92 Å². The standard InChI is InChI=1S/C14H22N2O6/c1-9(7-15-8-17)12(21-14(2,3)4)13(20)22-16-10(18)5-6-11(16)19/h8-9,12H,5-7H2,1-4H3,(H,15,17). The molecule has 22 heavy (non-hydrogen) atoms. The van der Waals surface area contributed by atoms with Gasteiger partial charge in [-0.25, -0.2) is 4.79 Å². The molecule has 1 fully saturated rings. The number of hydrogen-bond acceptors (Lipinski definition) is 6. The van der Waals surface area contributed by atoms with Crippen molar-refractivity contribution < 1.29 is 28.8 Å². The van der Waals surface area contributed by atoms with Crippen LogP contribution in [0.2, 0.25) is 0 Å². The van der Waals surface area contributed by atoms with Gasteiger partial charge in [0.05, 0.1) is 5.60 Å². The van der Waals surface area contributed by atoms with Crippen LogP contribution < -0.4 is 5.32 Å². The minimum absolute atomic E-state index is 0.0269. The normalized spacial score (nSPS) is 18.1. The Hall–Kier alpha value is -1.96. The molecule has 1 rings (SSSR count). The van der Waals surface area contributed by atoms with Crippen LogP contribution in [-0.2, 0) is 28.8 Å². The van der Waals surface area contributed by atoms with Crippen molar-refractivity contribution >= 4 is 24.2 Å². The molecule has 2 atom stereocenters. The van der Waals surface area contributed by atoms with E-state index in [1.54, 1.807) is 27.7 Å². The highest BCUT2D eigenvalue weighted by Gasteiger charge is 2.38. The molecule has 1 aliphatic heterocycles. The van der Waals surface area contributed by atoms with Crippen molar-refractivity contribution in [3.8, 4) is 0 Å². The van der Waals surface area contributed by atoms with Gasteiger partial charge in [-0.05, 0) is 20.8 Å². The maximum atomic E-state index is 12.3. The van der Waals surface area contributed by atoms with Gasteiger partial charge in [-0.15, -0.1) is 5.06 Å². The van der Waals surface area contributed by atoms with Crippen LogP contribution in [0.15, 0.2) is 0 Å². The van der Waals surface area contributed by atoms with E-state index in [2.05, 4.69) is 5.32 Å². The number of hydrogen-bond donors (Lipinski definition) is 1. The maximum absolute atomic E-state index is 12.3. The Kier molecular flexibility index (Phi) is 6.04. The number of amides is 3. The smallest absolute Gasteiger partial charge is 0.360 e. The van der Waals surface area contributed by atoms with Gasteiger partial charge in [0.25, 0.3) is 11.8 Å². The molecular weight excluding hydrogens is 292 g/mol. The predicted octanol–water partition coefficient (Wildman–Crippen LogP) is 0.159. The summed E-state index contributed by atoms with van der Waals surface area (Å²) < 4.78 is 5.66. The molecule has 124 valence electrons. The van der Waals surface area contributed by atoms with E-state index in [1.807, 2.05) is 0 Å². The van der Waals surface area contributed by atoms with E-state index in [1.165, 1.54) is 0 Å². The summed E-state index contributed by atoms with van der Waals surface area (Å²) in [6, 6.07) is 0. The Labute approximate surface area is 129 Å². The molecule has 1 heterocycles. The summed E-state index contributed by atoms with van der Waals surface area (Å²) in [6.45, 7) is 7.18. The van der Waals surface area contributed by atoms with E-state index in [4.69, 9.17) is 9.57 Å². The number of nitrogens with one attached hydrogen (secondary N) is 1. The van der Waals surface area contributed by atoms with Crippen molar-refractivity contribution in [3.05, 3.63) is 0 Å². The largest absolute Gasteiger partial charge is 0.362 e. The van der Waals surface area contributed by atoms with Gasteiger partial charge < -0.3 is 14.9 Å². The molecule has 0 aromatic heterocycles. The van der Waals surface area contributed by atoms with Crippen LogP contribution in [0.3, 0.4) is 0 Å². The third kappa shape index (κ3) is 5.10. The molecule has 0 saturated carbocycles. The molecule has 1 N–H and O–H groups in total. The zero-order chi connectivity index (χ0) is 16.9. The molecule has 8 heteroatoms. The first-order valence-electron chi connectivity index (χ1n) is 7.08. The van der Waals surface area contributed by atoms with Crippen molar-refractivity contribution in [1.29, 1.82) is 0 Å². The minimum Gasteiger partial charge on any atom is -0.360 e. The molecule has 0 bridgehead atoms. The summed E-state index contributed by atoms with van der Waals surface area (Å²) in [6.07, 6.45) is -0.449. The number of carbonyl (C=O) groups excluding carboxylic acids is 4. The number of imide groups is 1. The molecule has 0 spiro atoms. The molecule has 3 amide bonds. The van der Waals surface area contributed by atoms with Crippen molar-refractivity contribution in [2.45, 2.75) is 52.2 Å². The number of rotatable bonds is 7. The summed E-state index contributed by atoms with van der Waals surface area (Å²) in [4.78, 5) is 50.5. The molecule has 1 saturated heterocycles. The molecule has 0 aromatic carbocycles. The van der Waals surface area contributed by atoms with Crippen LogP contribution in [-0.4, -0.2) is 47.5 Å². The van der Waals surface area contributed by atoms with Gasteiger partial charge in [0.15, 0.2) is 6.10 Å². The van der Waals surface area contributed by atoms with E-state index in [9.17, 15) is 19.2 Å². The number of ether oxygens (including phenoxy) is 1. The van der Waals surface area contributed by atoms with Gasteiger partial charge in [0.2, 0.25) is 6.41 Å². The average molecular weight is 314 g/mol. The lowest BCUT2D eigenvalue weighted by Crippen LogP contribution is -2.45. The second-order valence-corrected chi connectivity index (χ2v) is 6.15. The van der Waals surface area contributed by atoms with E-state index >= 15 is 0 Å². The fourth-order valence-corrected chi connectivity index (χ4v) is 1.92. The molecule has 0 radical (unpaired) electrons. The van der Waals surface area contributed by atoms with E-state index in [-0.39, 0.29) is 19.4 Å². The fourth-order valence-electron chi connectivity index (χ4n) is 1.92. The first-order chi connectivity index (χ1) is 10.2. The van der Waals surface area contributed by atoms with Gasteiger partial charge in [-0.3, -0.25) is 14.4 Å². The Morgan fingerprint density at radius 3 is 2.32 bits per heavy atom. The summed E-state index contributed by atoms with van der Waals surface area (Å²) >= 11 is 0. The van der Waals surface area contributed by atoms with Crippen LogP contribution in [0.5, 0.6) is 0 Å². The lowest BCUT2D eigenvalue weighted by Gasteiger charge is -2.30. The summed E-state index contributed by atoms with van der Waals surface area (Å²) in [5, 5.41) is 2.95. The van der Waals surface area contributed by atoms with Crippen molar-refractivity contribution in [2.75, 3.05) is 6.54 Å². The Morgan fingerprint density at radius 2 is 1.86 bits per heavy atom. The van der Waals surface area contributed by atoms with Crippen molar-refractivity contribution in [2.24, 2.45) is 5.92 Å². The number of nitrogens with zero attached hydrogens (tertiary/aromatic N) is 1. The second kappa shape index (κ2) is 7.35. The monoisotopic (exact) mass is 314 g/mol. The number of hydroxylamine groups is 2. The van der Waals surface area contributed by atoms with Crippen LogP contribution >= 0.6 is 0 Å². The first kappa shape index (κ1) is 18.1. The lowest BCUT2D eigenvalue weighted by atomic mass is 10.0. The predicted molar refractivity (Wildman–Crippen MR) is 75.0 cm³/mol. The molecule has 0 aliphatic carbocycles. The highest BCUT2D eigenvalue weighted by Crippen LogP contribution is 2.20. The fraction of sp³-hybridized carbons (Fsp3) is 0.714. The zero-order valence-corrected chi connectivity index (χ0v) is 13.3. The average Bonchev–Trinajstić information content (AvgIpc) is 2.72. The topological polar surface area (TPSA) is 102 Å². The number of carbonyl (C=O) groups is 4.